The maximum atomic E-state index is 4.53. The fourth-order valence-corrected chi connectivity index (χ4v) is 2.32. The summed E-state index contributed by atoms with van der Waals surface area (Å²) >= 11 is 6.33. The molecule has 0 radical (unpaired) electrons. The van der Waals surface area contributed by atoms with Gasteiger partial charge in [-0.3, -0.25) is 0 Å². The summed E-state index contributed by atoms with van der Waals surface area (Å²) in [6, 6.07) is 4.16. The third kappa shape index (κ3) is 3.92. The predicted molar refractivity (Wildman–Crippen MR) is 72.0 cm³/mol. The minimum absolute atomic E-state index is 1.10. The van der Waals surface area contributed by atoms with E-state index in [1.165, 1.54) is 17.7 Å². The summed E-state index contributed by atoms with van der Waals surface area (Å²) in [4.78, 5) is 0. The maximum absolute atomic E-state index is 4.53. The van der Waals surface area contributed by atoms with Crippen molar-refractivity contribution in [2.24, 2.45) is 0 Å². The zero-order valence-corrected chi connectivity index (χ0v) is 11.2. The Balaban J connectivity index is 2.86. The van der Waals surface area contributed by atoms with Crippen LogP contribution < -0.4 is 4.57 Å². The Bertz CT molecular complexity index is 358. The van der Waals surface area contributed by atoms with E-state index in [1.54, 1.807) is 0 Å². The van der Waals surface area contributed by atoms with Crippen LogP contribution in [0.2, 0.25) is 0 Å². The summed E-state index contributed by atoms with van der Waals surface area (Å²) < 4.78 is 3.23. The number of aryl methyl sites for hydroxylation is 1. The average Bonchev–Trinajstić information content (AvgIpc) is 2.24. The molecule has 0 saturated heterocycles. The van der Waals surface area contributed by atoms with Crippen LogP contribution in [0.15, 0.2) is 28.8 Å². The molecule has 1 heterocycles. The summed E-state index contributed by atoms with van der Waals surface area (Å²) in [5, 5.41) is 0. The first-order valence-corrected chi connectivity index (χ1v) is 6.59. The van der Waals surface area contributed by atoms with Gasteiger partial charge in [0.1, 0.15) is 4.24 Å². The zero-order chi connectivity index (χ0) is 11.3. The molecule has 1 rings (SSSR count). The molecule has 0 bridgehead atoms. The van der Waals surface area contributed by atoms with E-state index < -0.39 is 0 Å². The van der Waals surface area contributed by atoms with Gasteiger partial charge >= 0.3 is 0 Å². The summed E-state index contributed by atoms with van der Waals surface area (Å²) in [5.74, 6) is 1.13. The molecule has 82 valence electrons. The van der Waals surface area contributed by atoms with Gasteiger partial charge < -0.3 is 0 Å². The number of nitrogens with zero attached hydrogens (tertiary/aromatic N) is 1. The first kappa shape index (κ1) is 12.7. The fraction of sp³-hybridized carbons (Fsp3) is 0.417. The molecule has 0 spiro atoms. The summed E-state index contributed by atoms with van der Waals surface area (Å²) in [7, 11) is 0. The normalized spacial score (nSPS) is 12.5. The molecule has 0 aliphatic carbocycles. The number of allylic oxidation sites excluding steroid dienone is 1. The van der Waals surface area contributed by atoms with Gasteiger partial charge in [-0.05, 0) is 25.2 Å². The number of hydrogen-bond donors (Lipinski definition) is 1. The number of thioether (sulfide) groups is 1. The van der Waals surface area contributed by atoms with Gasteiger partial charge in [-0.25, -0.2) is 0 Å². The third-order valence-corrected chi connectivity index (χ3v) is 3.98. The monoisotopic (exact) mass is 240 g/mol. The van der Waals surface area contributed by atoms with E-state index in [2.05, 4.69) is 62.5 Å². The lowest BCUT2D eigenvalue weighted by Crippen LogP contribution is -2.30. The molecule has 0 aromatic carbocycles. The third-order valence-electron chi connectivity index (χ3n) is 2.09. The van der Waals surface area contributed by atoms with Gasteiger partial charge in [0.2, 0.25) is 5.70 Å². The van der Waals surface area contributed by atoms with E-state index in [0.29, 0.717) is 0 Å². The van der Waals surface area contributed by atoms with Crippen molar-refractivity contribution in [1.29, 1.82) is 0 Å². The predicted octanol–water partition coefficient (Wildman–Crippen LogP) is 3.50. The molecule has 0 aliphatic rings. The first-order valence-electron chi connectivity index (χ1n) is 5.16. The molecule has 0 aliphatic heterocycles. The topological polar surface area (TPSA) is 3.88 Å². The van der Waals surface area contributed by atoms with E-state index in [-0.39, 0.29) is 0 Å². The second-order valence-electron chi connectivity index (χ2n) is 3.53. The van der Waals surface area contributed by atoms with Crippen LogP contribution in [0.25, 0.3) is 5.70 Å². The van der Waals surface area contributed by atoms with Gasteiger partial charge in [-0.15, -0.1) is 24.4 Å². The molecule has 1 aromatic heterocycles. The first-order chi connectivity index (χ1) is 7.15. The van der Waals surface area contributed by atoms with Crippen molar-refractivity contribution in [2.75, 3.05) is 5.75 Å². The van der Waals surface area contributed by atoms with Gasteiger partial charge in [0.15, 0.2) is 12.4 Å². The van der Waals surface area contributed by atoms with Crippen molar-refractivity contribution in [3.05, 3.63) is 34.3 Å². The van der Waals surface area contributed by atoms with Gasteiger partial charge in [0.05, 0.1) is 0 Å². The van der Waals surface area contributed by atoms with Crippen LogP contribution in [-0.2, 0) is 0 Å². The molecule has 0 unspecified atom stereocenters. The van der Waals surface area contributed by atoms with Crippen LogP contribution in [0.3, 0.4) is 0 Å². The smallest absolute Gasteiger partial charge is 0.169 e. The number of thiol groups is 1. The highest BCUT2D eigenvalue weighted by Gasteiger charge is 2.09. The highest BCUT2D eigenvalue weighted by atomic mass is 32.2. The summed E-state index contributed by atoms with van der Waals surface area (Å²) in [5.41, 5.74) is 2.46. The molecule has 0 amide bonds. The molecule has 0 N–H and O–H groups in total. The van der Waals surface area contributed by atoms with Crippen LogP contribution >= 0.6 is 24.4 Å². The van der Waals surface area contributed by atoms with E-state index in [9.17, 15) is 0 Å². The Labute approximate surface area is 102 Å². The molecule has 3 heteroatoms. The lowest BCUT2D eigenvalue weighted by Gasteiger charge is -2.01. The number of pyridine rings is 1. The largest absolute Gasteiger partial charge is 0.203 e. The molecule has 0 fully saturated rings. The maximum Gasteiger partial charge on any atom is 0.203 e. The van der Waals surface area contributed by atoms with Crippen molar-refractivity contribution in [2.45, 2.75) is 27.2 Å². The van der Waals surface area contributed by atoms with Gasteiger partial charge in [0, 0.05) is 18.6 Å². The Morgan fingerprint density at radius 1 is 1.53 bits per heavy atom. The van der Waals surface area contributed by atoms with Crippen LogP contribution in [0.1, 0.15) is 25.8 Å². The van der Waals surface area contributed by atoms with Crippen molar-refractivity contribution < 1.29 is 4.57 Å². The lowest BCUT2D eigenvalue weighted by atomic mass is 10.3. The second kappa shape index (κ2) is 6.23. The fourth-order valence-electron chi connectivity index (χ4n) is 1.22. The Morgan fingerprint density at radius 3 is 2.87 bits per heavy atom. The Hall–Kier alpha value is -0.410. The number of rotatable bonds is 4. The van der Waals surface area contributed by atoms with Gasteiger partial charge in [-0.1, -0.05) is 6.92 Å². The van der Waals surface area contributed by atoms with Crippen LogP contribution in [-0.4, -0.2) is 5.75 Å². The zero-order valence-electron chi connectivity index (χ0n) is 9.53. The Kier molecular flexibility index (Phi) is 5.26. The molecular weight excluding hydrogens is 222 g/mol. The van der Waals surface area contributed by atoms with Crippen molar-refractivity contribution in [3.8, 4) is 0 Å². The van der Waals surface area contributed by atoms with Crippen LogP contribution in [0, 0.1) is 6.92 Å². The second-order valence-corrected chi connectivity index (χ2v) is 5.38. The molecule has 1 aromatic rings. The molecule has 1 nitrogen and oxygen atoms in total. The van der Waals surface area contributed by atoms with Gasteiger partial charge in [-0.2, -0.15) is 4.57 Å². The lowest BCUT2D eigenvalue weighted by molar-refractivity contribution is -0.581. The molecule has 0 atom stereocenters. The van der Waals surface area contributed by atoms with Crippen molar-refractivity contribution in [1.82, 2.24) is 0 Å². The SMILES string of the molecule is CCCS/C(S)=C(\C)[n+]1cccc(C)c1. The molecular formula is C12H18NS2+. The molecule has 0 saturated carbocycles. The van der Waals surface area contributed by atoms with E-state index in [4.69, 9.17) is 0 Å². The highest BCUT2D eigenvalue weighted by Crippen LogP contribution is 2.23. The standard InChI is InChI=1S/C12H17NS2/c1-4-8-15-12(14)11(3)13-7-5-6-10(2)9-13/h5-7,9H,4,8H2,1-3H3/p+1/b12-11+. The minimum atomic E-state index is 1.10. The number of hydrogen-bond acceptors (Lipinski definition) is 2. The highest BCUT2D eigenvalue weighted by molar-refractivity contribution is 8.15. The summed E-state index contributed by atoms with van der Waals surface area (Å²) in [6.07, 6.45) is 5.36. The van der Waals surface area contributed by atoms with E-state index in [0.717, 1.165) is 9.99 Å². The van der Waals surface area contributed by atoms with Gasteiger partial charge in [0.25, 0.3) is 0 Å². The van der Waals surface area contributed by atoms with Crippen molar-refractivity contribution in [3.63, 3.8) is 0 Å². The van der Waals surface area contributed by atoms with Crippen LogP contribution in [0.5, 0.6) is 0 Å². The van der Waals surface area contributed by atoms with Crippen LogP contribution in [0.4, 0.5) is 0 Å². The summed E-state index contributed by atoms with van der Waals surface area (Å²) in [6.45, 7) is 6.38. The number of aromatic nitrogens is 1. The Morgan fingerprint density at radius 2 is 2.27 bits per heavy atom. The molecule has 15 heavy (non-hydrogen) atoms. The minimum Gasteiger partial charge on any atom is -0.169 e. The average molecular weight is 240 g/mol. The van der Waals surface area contributed by atoms with Crippen molar-refractivity contribution >= 4 is 30.1 Å². The quantitative estimate of drug-likeness (QED) is 0.623. The van der Waals surface area contributed by atoms with E-state index >= 15 is 0 Å². The van der Waals surface area contributed by atoms with E-state index in [1.807, 2.05) is 11.8 Å².